The van der Waals surface area contributed by atoms with E-state index in [1.54, 1.807) is 30.4 Å². The van der Waals surface area contributed by atoms with E-state index in [4.69, 9.17) is 14.7 Å². The lowest BCUT2D eigenvalue weighted by Gasteiger charge is -2.28. The van der Waals surface area contributed by atoms with Crippen LogP contribution in [0.15, 0.2) is 60.1 Å². The lowest BCUT2D eigenvalue weighted by molar-refractivity contribution is 0.122. The first-order chi connectivity index (χ1) is 15.3. The number of aromatic nitrogens is 5. The Hall–Kier alpha value is -3.37. The number of imidazole rings is 1. The van der Waals surface area contributed by atoms with Crippen LogP contribution in [0, 0.1) is 0 Å². The summed E-state index contributed by atoms with van der Waals surface area (Å²) in [5, 5.41) is 6.73. The summed E-state index contributed by atoms with van der Waals surface area (Å²) in [4.78, 5) is 21.3. The monoisotopic (exact) mass is 434 g/mol. The summed E-state index contributed by atoms with van der Waals surface area (Å²) < 4.78 is 7.46. The molecule has 4 aromatic rings. The Morgan fingerprint density at radius 2 is 1.94 bits per heavy atom. The van der Waals surface area contributed by atoms with Crippen molar-refractivity contribution in [2.45, 2.75) is 4.90 Å². The molecule has 0 unspecified atom stereocenters. The van der Waals surface area contributed by atoms with E-state index in [2.05, 4.69) is 25.5 Å². The summed E-state index contributed by atoms with van der Waals surface area (Å²) in [6, 6.07) is 7.91. The normalized spacial score (nSPS) is 14.0. The maximum atomic E-state index is 5.50. The first-order valence-electron chi connectivity index (χ1n) is 9.95. The summed E-state index contributed by atoms with van der Waals surface area (Å²) in [5.74, 6) is 2.06. The van der Waals surface area contributed by atoms with E-state index in [-0.39, 0.29) is 0 Å². The zero-order valence-corrected chi connectivity index (χ0v) is 17.8. The minimum atomic E-state index is 0.511. The molecule has 0 amide bonds. The first-order valence-corrected chi connectivity index (χ1v) is 11.2. The molecule has 1 aliphatic heterocycles. The number of ether oxygens (including phenoxy) is 1. The van der Waals surface area contributed by atoms with Gasteiger partial charge < -0.3 is 24.7 Å². The minimum Gasteiger partial charge on any atom is -0.378 e. The molecule has 2 N–H and O–H groups in total. The van der Waals surface area contributed by atoms with Crippen LogP contribution in [-0.4, -0.2) is 56.9 Å². The van der Waals surface area contributed by atoms with Crippen LogP contribution in [0.25, 0.3) is 5.65 Å². The smallest absolute Gasteiger partial charge is 0.231 e. The van der Waals surface area contributed by atoms with Gasteiger partial charge in [0.2, 0.25) is 5.95 Å². The number of fused-ring (bicyclic) bond motifs is 1. The Balaban J connectivity index is 1.49. The van der Waals surface area contributed by atoms with Crippen molar-refractivity contribution in [3.8, 4) is 0 Å². The molecule has 4 aromatic heterocycles. The highest BCUT2D eigenvalue weighted by Gasteiger charge is 2.16. The van der Waals surface area contributed by atoms with Gasteiger partial charge in [-0.3, -0.25) is 4.98 Å². The fourth-order valence-electron chi connectivity index (χ4n) is 3.42. The van der Waals surface area contributed by atoms with E-state index in [9.17, 15) is 0 Å². The maximum absolute atomic E-state index is 5.50. The fourth-order valence-corrected chi connectivity index (χ4v) is 3.94. The van der Waals surface area contributed by atoms with Crippen LogP contribution >= 0.6 is 11.8 Å². The quantitative estimate of drug-likeness (QED) is 0.442. The Morgan fingerprint density at radius 3 is 2.81 bits per heavy atom. The minimum absolute atomic E-state index is 0.511. The molecule has 10 heteroatoms. The van der Waals surface area contributed by atoms with Crippen LogP contribution in [0.5, 0.6) is 0 Å². The molecule has 9 nitrogen and oxygen atoms in total. The second-order valence-corrected chi connectivity index (χ2v) is 7.82. The predicted octanol–water partition coefficient (Wildman–Crippen LogP) is 3.57. The number of pyridine rings is 2. The number of hydrogen-bond donors (Lipinski definition) is 2. The zero-order valence-electron chi connectivity index (χ0n) is 17.0. The lowest BCUT2D eigenvalue weighted by Crippen LogP contribution is -2.36. The Labute approximate surface area is 183 Å². The van der Waals surface area contributed by atoms with Crippen LogP contribution in [0.4, 0.5) is 29.0 Å². The van der Waals surface area contributed by atoms with Crippen LogP contribution in [0.3, 0.4) is 0 Å². The SMILES string of the molecule is CSc1ccncc1Nc1nc(Nc2ccn3ccnc3c2)cc(N2CCOCC2)n1. The molecule has 0 bridgehead atoms. The van der Waals surface area contributed by atoms with Gasteiger partial charge in [0, 0.05) is 60.6 Å². The highest BCUT2D eigenvalue weighted by molar-refractivity contribution is 7.98. The standard InChI is InChI=1S/C21H22N8OS/c1-31-17-2-4-22-14-16(17)25-21-26-18(13-20(27-21)29-8-10-30-11-9-29)24-15-3-6-28-7-5-23-19(28)12-15/h2-7,12-14H,8-11H2,1H3,(H2,24,25,26,27). The molecule has 0 saturated carbocycles. The molecule has 1 fully saturated rings. The molecule has 0 atom stereocenters. The third-order valence-electron chi connectivity index (χ3n) is 4.97. The molecule has 0 spiro atoms. The average Bonchev–Trinajstić information content (AvgIpc) is 3.28. The van der Waals surface area contributed by atoms with Crippen molar-refractivity contribution < 1.29 is 4.74 Å². The van der Waals surface area contributed by atoms with Crippen molar-refractivity contribution in [3.05, 3.63) is 55.2 Å². The number of nitrogens with one attached hydrogen (secondary N) is 2. The first kappa shape index (κ1) is 19.6. The highest BCUT2D eigenvalue weighted by Crippen LogP contribution is 2.28. The summed E-state index contributed by atoms with van der Waals surface area (Å²) in [5.41, 5.74) is 2.65. The molecular formula is C21H22N8OS. The summed E-state index contributed by atoms with van der Waals surface area (Å²) >= 11 is 1.65. The van der Waals surface area contributed by atoms with Crippen LogP contribution in [0.1, 0.15) is 0 Å². The Morgan fingerprint density at radius 1 is 1.03 bits per heavy atom. The van der Waals surface area contributed by atoms with Crippen LogP contribution < -0.4 is 15.5 Å². The molecule has 5 heterocycles. The molecule has 0 aromatic carbocycles. The maximum Gasteiger partial charge on any atom is 0.231 e. The molecule has 158 valence electrons. The van der Waals surface area contributed by atoms with Gasteiger partial charge in [-0.15, -0.1) is 11.8 Å². The van der Waals surface area contributed by atoms with E-state index < -0.39 is 0 Å². The molecule has 0 radical (unpaired) electrons. The van der Waals surface area contributed by atoms with E-state index in [0.29, 0.717) is 25.0 Å². The van der Waals surface area contributed by atoms with Gasteiger partial charge in [-0.1, -0.05) is 0 Å². The van der Waals surface area contributed by atoms with Crippen molar-refractivity contribution >= 4 is 46.4 Å². The van der Waals surface area contributed by atoms with E-state index in [1.165, 1.54) is 0 Å². The van der Waals surface area contributed by atoms with Crippen molar-refractivity contribution in [1.29, 1.82) is 0 Å². The average molecular weight is 435 g/mol. The molecule has 5 rings (SSSR count). The molecule has 1 aliphatic rings. The molecule has 1 saturated heterocycles. The molecule has 31 heavy (non-hydrogen) atoms. The van der Waals surface area contributed by atoms with Gasteiger partial charge in [0.1, 0.15) is 17.3 Å². The lowest BCUT2D eigenvalue weighted by atomic mass is 10.3. The van der Waals surface area contributed by atoms with E-state index in [0.717, 1.165) is 40.8 Å². The number of thioether (sulfide) groups is 1. The van der Waals surface area contributed by atoms with Crippen molar-refractivity contribution in [1.82, 2.24) is 24.3 Å². The fraction of sp³-hybridized carbons (Fsp3) is 0.238. The van der Waals surface area contributed by atoms with Gasteiger partial charge in [0.15, 0.2) is 0 Å². The number of hydrogen-bond acceptors (Lipinski definition) is 9. The summed E-state index contributed by atoms with van der Waals surface area (Å²) in [6.45, 7) is 2.95. The third-order valence-corrected chi connectivity index (χ3v) is 5.76. The molecular weight excluding hydrogens is 412 g/mol. The van der Waals surface area contributed by atoms with E-state index >= 15 is 0 Å². The zero-order chi connectivity index (χ0) is 21.0. The Bertz CT molecular complexity index is 1190. The topological polar surface area (TPSA) is 92.5 Å². The van der Waals surface area contributed by atoms with E-state index in [1.807, 2.05) is 47.3 Å². The Kier molecular flexibility index (Phi) is 5.55. The number of anilines is 5. The number of rotatable bonds is 6. The number of morpholine rings is 1. The molecule has 0 aliphatic carbocycles. The van der Waals surface area contributed by atoms with Crippen LogP contribution in [0.2, 0.25) is 0 Å². The van der Waals surface area contributed by atoms with Gasteiger partial charge in [-0.2, -0.15) is 9.97 Å². The largest absolute Gasteiger partial charge is 0.378 e. The van der Waals surface area contributed by atoms with Crippen molar-refractivity contribution in [2.24, 2.45) is 0 Å². The summed E-state index contributed by atoms with van der Waals surface area (Å²) in [7, 11) is 0. The van der Waals surface area contributed by atoms with Gasteiger partial charge in [0.05, 0.1) is 25.1 Å². The van der Waals surface area contributed by atoms with Crippen LogP contribution in [-0.2, 0) is 4.74 Å². The van der Waals surface area contributed by atoms with Gasteiger partial charge >= 0.3 is 0 Å². The van der Waals surface area contributed by atoms with Crippen molar-refractivity contribution in [2.75, 3.05) is 48.1 Å². The second kappa shape index (κ2) is 8.78. The highest BCUT2D eigenvalue weighted by atomic mass is 32.2. The third kappa shape index (κ3) is 4.39. The van der Waals surface area contributed by atoms with Gasteiger partial charge in [-0.05, 0) is 18.4 Å². The van der Waals surface area contributed by atoms with Gasteiger partial charge in [0.25, 0.3) is 0 Å². The predicted molar refractivity (Wildman–Crippen MR) is 123 cm³/mol. The number of nitrogens with zero attached hydrogens (tertiary/aromatic N) is 6. The second-order valence-electron chi connectivity index (χ2n) is 6.97. The van der Waals surface area contributed by atoms with Crippen molar-refractivity contribution in [3.63, 3.8) is 0 Å². The summed E-state index contributed by atoms with van der Waals surface area (Å²) in [6.07, 6.45) is 11.3. The van der Waals surface area contributed by atoms with Gasteiger partial charge in [-0.25, -0.2) is 4.98 Å².